The van der Waals surface area contributed by atoms with Gasteiger partial charge in [-0.1, -0.05) is 18.7 Å². The summed E-state index contributed by atoms with van der Waals surface area (Å²) in [5.41, 5.74) is -0.548. The van der Waals surface area contributed by atoms with Gasteiger partial charge in [0.25, 0.3) is 0 Å². The predicted molar refractivity (Wildman–Crippen MR) is 87.0 cm³/mol. The Bertz CT molecular complexity index is 529. The Balaban J connectivity index is 2.21. The molecule has 0 N–H and O–H groups in total. The molecule has 0 unspecified atom stereocenters. The van der Waals surface area contributed by atoms with Crippen LogP contribution in [0.3, 0.4) is 0 Å². The Morgan fingerprint density at radius 3 is 2.32 bits per heavy atom. The number of nitrogens with zero attached hydrogens (tertiary/aromatic N) is 3. The van der Waals surface area contributed by atoms with Gasteiger partial charge in [0.15, 0.2) is 0 Å². The third-order valence-electron chi connectivity index (χ3n) is 4.79. The minimum absolute atomic E-state index is 0.0261. The lowest BCUT2D eigenvalue weighted by Crippen LogP contribution is -2.54. The van der Waals surface area contributed by atoms with Gasteiger partial charge >= 0.3 is 6.03 Å². The van der Waals surface area contributed by atoms with Crippen LogP contribution in [-0.2, 0) is 10.0 Å². The number of urea groups is 1. The number of carbonyl (C=O) groups is 1. The highest BCUT2D eigenvalue weighted by Gasteiger charge is 2.50. The largest absolute Gasteiger partial charge is 0.336 e. The van der Waals surface area contributed by atoms with Crippen molar-refractivity contribution in [2.45, 2.75) is 63.9 Å². The molecule has 2 rings (SSSR count). The Hall–Kier alpha value is -0.755. The van der Waals surface area contributed by atoms with E-state index in [0.717, 1.165) is 30.1 Å². The predicted octanol–water partition coefficient (Wildman–Crippen LogP) is 1.60. The smallest absolute Gasteiger partial charge is 0.318 e. The summed E-state index contributed by atoms with van der Waals surface area (Å²) in [5.74, 6) is 0.197. The standard InChI is InChI=1S/C14H26BN3O3S/c1-5-22(20,21)16(4)18-13(19)17(10-14(18,2)3)12-8-6-11(15)7-9-12/h11-12H,5-10H2,1-4H3. The van der Waals surface area contributed by atoms with Gasteiger partial charge in [-0.25, -0.2) is 18.2 Å². The molecule has 1 aliphatic carbocycles. The Kier molecular flexibility index (Phi) is 4.83. The highest BCUT2D eigenvalue weighted by molar-refractivity contribution is 7.88. The van der Waals surface area contributed by atoms with Gasteiger partial charge in [-0.2, -0.15) is 0 Å². The van der Waals surface area contributed by atoms with E-state index in [9.17, 15) is 13.2 Å². The summed E-state index contributed by atoms with van der Waals surface area (Å²) in [7, 11) is 3.93. The third-order valence-corrected chi connectivity index (χ3v) is 6.49. The first-order valence-corrected chi connectivity index (χ1v) is 9.54. The summed E-state index contributed by atoms with van der Waals surface area (Å²) in [6, 6.07) is -0.0562. The molecule has 2 radical (unpaired) electrons. The van der Waals surface area contributed by atoms with Gasteiger partial charge in [0.05, 0.1) is 19.1 Å². The molecule has 22 heavy (non-hydrogen) atoms. The average molecular weight is 327 g/mol. The minimum Gasteiger partial charge on any atom is -0.318 e. The fourth-order valence-corrected chi connectivity index (χ4v) is 4.36. The second-order valence-electron chi connectivity index (χ2n) is 6.94. The molecule has 0 atom stereocenters. The number of sulfonamides is 1. The van der Waals surface area contributed by atoms with Crippen molar-refractivity contribution in [1.82, 2.24) is 14.3 Å². The molecule has 1 aliphatic heterocycles. The number of carbonyl (C=O) groups excluding carboxylic acids is 1. The molecular weight excluding hydrogens is 301 g/mol. The minimum atomic E-state index is -3.46. The van der Waals surface area contributed by atoms with E-state index in [4.69, 9.17) is 7.85 Å². The summed E-state index contributed by atoms with van der Waals surface area (Å²) in [4.78, 5) is 14.6. The van der Waals surface area contributed by atoms with Crippen LogP contribution in [0.15, 0.2) is 0 Å². The van der Waals surface area contributed by atoms with Crippen molar-refractivity contribution < 1.29 is 13.2 Å². The number of hydrogen-bond donors (Lipinski definition) is 0. The molecule has 6 nitrogen and oxygen atoms in total. The molecule has 0 aromatic heterocycles. The maximum atomic E-state index is 12.8. The zero-order valence-corrected chi connectivity index (χ0v) is 14.8. The van der Waals surface area contributed by atoms with Crippen LogP contribution >= 0.6 is 0 Å². The van der Waals surface area contributed by atoms with E-state index in [-0.39, 0.29) is 23.6 Å². The molecule has 0 aromatic carbocycles. The second-order valence-corrected chi connectivity index (χ2v) is 9.21. The molecule has 0 bridgehead atoms. The molecule has 1 saturated carbocycles. The van der Waals surface area contributed by atoms with Crippen molar-refractivity contribution in [3.05, 3.63) is 0 Å². The first kappa shape index (κ1) is 17.6. The van der Waals surface area contributed by atoms with E-state index in [0.29, 0.717) is 6.54 Å². The second kappa shape index (κ2) is 6.04. The lowest BCUT2D eigenvalue weighted by atomic mass is 9.74. The van der Waals surface area contributed by atoms with E-state index in [1.54, 1.807) is 6.92 Å². The molecule has 1 heterocycles. The van der Waals surface area contributed by atoms with E-state index >= 15 is 0 Å². The molecule has 0 spiro atoms. The van der Waals surface area contributed by atoms with Gasteiger partial charge in [0.2, 0.25) is 10.0 Å². The maximum absolute atomic E-state index is 12.8. The highest BCUT2D eigenvalue weighted by Crippen LogP contribution is 2.36. The Morgan fingerprint density at radius 2 is 1.82 bits per heavy atom. The van der Waals surface area contributed by atoms with E-state index in [1.807, 2.05) is 18.7 Å². The monoisotopic (exact) mass is 327 g/mol. The zero-order valence-electron chi connectivity index (χ0n) is 13.9. The summed E-state index contributed by atoms with van der Waals surface area (Å²) < 4.78 is 25.4. The molecule has 1 saturated heterocycles. The van der Waals surface area contributed by atoms with Gasteiger partial charge in [0.1, 0.15) is 0 Å². The van der Waals surface area contributed by atoms with Crippen LogP contribution < -0.4 is 0 Å². The summed E-state index contributed by atoms with van der Waals surface area (Å²) in [6.07, 6.45) is 3.61. The van der Waals surface area contributed by atoms with E-state index < -0.39 is 15.6 Å². The van der Waals surface area contributed by atoms with Crippen LogP contribution in [0, 0.1) is 0 Å². The van der Waals surface area contributed by atoms with Crippen molar-refractivity contribution in [2.75, 3.05) is 19.3 Å². The average Bonchev–Trinajstić information content (AvgIpc) is 2.69. The van der Waals surface area contributed by atoms with Crippen molar-refractivity contribution in [1.29, 1.82) is 0 Å². The van der Waals surface area contributed by atoms with Gasteiger partial charge in [-0.3, -0.25) is 0 Å². The number of hydrazine groups is 1. The molecule has 2 aliphatic rings. The molecular formula is C14H26BN3O3S. The van der Waals surface area contributed by atoms with Gasteiger partial charge in [-0.05, 0) is 33.6 Å². The van der Waals surface area contributed by atoms with Crippen molar-refractivity contribution in [2.24, 2.45) is 0 Å². The lowest BCUT2D eigenvalue weighted by Gasteiger charge is -2.36. The van der Waals surface area contributed by atoms with Crippen LogP contribution in [0.2, 0.25) is 5.82 Å². The van der Waals surface area contributed by atoms with Gasteiger partial charge < -0.3 is 4.90 Å². The highest BCUT2D eigenvalue weighted by atomic mass is 32.2. The Morgan fingerprint density at radius 1 is 1.27 bits per heavy atom. The Labute approximate surface area is 135 Å². The number of rotatable bonds is 4. The molecule has 2 fully saturated rings. The van der Waals surface area contributed by atoms with Crippen molar-refractivity contribution in [3.8, 4) is 0 Å². The van der Waals surface area contributed by atoms with Gasteiger partial charge in [0, 0.05) is 19.6 Å². The molecule has 124 valence electrons. The van der Waals surface area contributed by atoms with Crippen molar-refractivity contribution in [3.63, 3.8) is 0 Å². The molecule has 0 aromatic rings. The summed E-state index contributed by atoms with van der Waals surface area (Å²) in [5, 5.41) is 1.39. The maximum Gasteiger partial charge on any atom is 0.336 e. The fraction of sp³-hybridized carbons (Fsp3) is 0.929. The fourth-order valence-electron chi connectivity index (χ4n) is 3.44. The first-order chi connectivity index (χ1) is 10.1. The van der Waals surface area contributed by atoms with Gasteiger partial charge in [-0.15, -0.1) is 4.41 Å². The van der Waals surface area contributed by atoms with Crippen LogP contribution in [0.4, 0.5) is 4.79 Å². The van der Waals surface area contributed by atoms with Crippen LogP contribution in [0.5, 0.6) is 0 Å². The first-order valence-electron chi connectivity index (χ1n) is 7.93. The molecule has 8 heteroatoms. The quantitative estimate of drug-likeness (QED) is 0.737. The van der Waals surface area contributed by atoms with Crippen LogP contribution in [-0.4, -0.2) is 67.5 Å². The van der Waals surface area contributed by atoms with Crippen LogP contribution in [0.25, 0.3) is 0 Å². The summed E-state index contributed by atoms with van der Waals surface area (Å²) >= 11 is 0. The SMILES string of the molecule is [B]C1CCC(N2CC(C)(C)N(N(C)S(=O)(=O)CC)C2=O)CC1. The lowest BCUT2D eigenvalue weighted by molar-refractivity contribution is 0.0583. The van der Waals surface area contributed by atoms with E-state index in [1.165, 1.54) is 12.1 Å². The number of hydrogen-bond acceptors (Lipinski definition) is 3. The molecule has 2 amide bonds. The topological polar surface area (TPSA) is 60.9 Å². The van der Waals surface area contributed by atoms with E-state index in [2.05, 4.69) is 0 Å². The zero-order chi connectivity index (χ0) is 16.7. The van der Waals surface area contributed by atoms with Crippen LogP contribution in [0.1, 0.15) is 46.5 Å². The number of amides is 2. The van der Waals surface area contributed by atoms with Crippen molar-refractivity contribution >= 4 is 23.9 Å². The normalized spacial score (nSPS) is 29.4. The third kappa shape index (κ3) is 3.13. The summed E-state index contributed by atoms with van der Waals surface area (Å²) in [6.45, 7) is 5.93.